The molecule has 0 fully saturated rings. The molecule has 1 rings (SSSR count). The van der Waals surface area contributed by atoms with Gasteiger partial charge in [0.2, 0.25) is 0 Å². The smallest absolute Gasteiger partial charge is 0.0471 e. The van der Waals surface area contributed by atoms with Gasteiger partial charge in [0.1, 0.15) is 0 Å². The maximum Gasteiger partial charge on any atom is 0.0471 e. The first-order valence-corrected chi connectivity index (χ1v) is 7.58. The second-order valence-electron chi connectivity index (χ2n) is 5.74. The van der Waals surface area contributed by atoms with Crippen molar-refractivity contribution in [3.05, 3.63) is 28.8 Å². The Balaban J connectivity index is 2.79. The van der Waals surface area contributed by atoms with Crippen molar-refractivity contribution >= 4 is 17.3 Å². The van der Waals surface area contributed by atoms with Crippen LogP contribution in [0.5, 0.6) is 0 Å². The standard InChI is InChI=1S/C16H27ClN2/c1-6-19(11-12(2)3)15-8-7-14(16(17)9-15)10-18-13(4)5/h7-9,12-13,18H,6,10-11H2,1-5H3. The Labute approximate surface area is 123 Å². The maximum atomic E-state index is 6.38. The van der Waals surface area contributed by atoms with Gasteiger partial charge in [-0.2, -0.15) is 0 Å². The second-order valence-corrected chi connectivity index (χ2v) is 6.15. The molecule has 1 N–H and O–H groups in total. The Morgan fingerprint density at radius 1 is 1.21 bits per heavy atom. The molecule has 0 heterocycles. The van der Waals surface area contributed by atoms with E-state index in [2.05, 4.69) is 63.0 Å². The third kappa shape index (κ3) is 5.42. The summed E-state index contributed by atoms with van der Waals surface area (Å²) in [6.07, 6.45) is 0. The highest BCUT2D eigenvalue weighted by Crippen LogP contribution is 2.24. The zero-order valence-corrected chi connectivity index (χ0v) is 13.6. The quantitative estimate of drug-likeness (QED) is 0.801. The van der Waals surface area contributed by atoms with Crippen LogP contribution in [0.1, 0.15) is 40.2 Å². The van der Waals surface area contributed by atoms with Crippen molar-refractivity contribution in [3.63, 3.8) is 0 Å². The van der Waals surface area contributed by atoms with Crippen LogP contribution in [0.25, 0.3) is 0 Å². The molecule has 1 aromatic carbocycles. The van der Waals surface area contributed by atoms with Crippen LogP contribution in [-0.4, -0.2) is 19.1 Å². The third-order valence-electron chi connectivity index (χ3n) is 3.07. The van der Waals surface area contributed by atoms with E-state index in [1.165, 1.54) is 11.3 Å². The average molecular weight is 283 g/mol. The molecule has 0 atom stereocenters. The number of halogens is 1. The van der Waals surface area contributed by atoms with E-state index in [-0.39, 0.29) is 0 Å². The predicted molar refractivity (Wildman–Crippen MR) is 86.2 cm³/mol. The summed E-state index contributed by atoms with van der Waals surface area (Å²) in [6, 6.07) is 6.87. The van der Waals surface area contributed by atoms with Gasteiger partial charge in [-0.15, -0.1) is 0 Å². The molecule has 0 radical (unpaired) electrons. The number of hydrogen-bond acceptors (Lipinski definition) is 2. The van der Waals surface area contributed by atoms with Gasteiger partial charge in [0.05, 0.1) is 0 Å². The topological polar surface area (TPSA) is 15.3 Å². The van der Waals surface area contributed by atoms with Crippen LogP contribution in [-0.2, 0) is 6.54 Å². The molecule has 0 amide bonds. The number of nitrogens with zero attached hydrogens (tertiary/aromatic N) is 1. The molecule has 3 heteroatoms. The number of rotatable bonds is 7. The van der Waals surface area contributed by atoms with Gasteiger partial charge >= 0.3 is 0 Å². The van der Waals surface area contributed by atoms with Crippen molar-refractivity contribution in [2.24, 2.45) is 5.92 Å². The average Bonchev–Trinajstić information content (AvgIpc) is 2.34. The molecule has 0 bridgehead atoms. The van der Waals surface area contributed by atoms with Gasteiger partial charge in [0.25, 0.3) is 0 Å². The summed E-state index contributed by atoms with van der Waals surface area (Å²) in [5.74, 6) is 0.654. The number of hydrogen-bond donors (Lipinski definition) is 1. The minimum Gasteiger partial charge on any atom is -0.372 e. The van der Waals surface area contributed by atoms with Crippen LogP contribution >= 0.6 is 11.6 Å². The summed E-state index contributed by atoms with van der Waals surface area (Å²) in [7, 11) is 0. The molecule has 0 saturated carbocycles. The summed E-state index contributed by atoms with van der Waals surface area (Å²) >= 11 is 6.38. The van der Waals surface area contributed by atoms with E-state index in [1.54, 1.807) is 0 Å². The van der Waals surface area contributed by atoms with Crippen LogP contribution in [0.3, 0.4) is 0 Å². The number of benzene rings is 1. The fraction of sp³-hybridized carbons (Fsp3) is 0.625. The van der Waals surface area contributed by atoms with Gasteiger partial charge in [0, 0.05) is 36.4 Å². The highest BCUT2D eigenvalue weighted by Gasteiger charge is 2.09. The molecule has 0 aliphatic heterocycles. The van der Waals surface area contributed by atoms with Crippen molar-refractivity contribution in [2.75, 3.05) is 18.0 Å². The molecule has 19 heavy (non-hydrogen) atoms. The highest BCUT2D eigenvalue weighted by atomic mass is 35.5. The lowest BCUT2D eigenvalue weighted by Gasteiger charge is -2.25. The molecule has 0 unspecified atom stereocenters. The normalized spacial score (nSPS) is 11.4. The highest BCUT2D eigenvalue weighted by molar-refractivity contribution is 6.31. The lowest BCUT2D eigenvalue weighted by Crippen LogP contribution is -2.27. The molecular formula is C16H27ClN2. The summed E-state index contributed by atoms with van der Waals surface area (Å²) in [5, 5.41) is 4.25. The molecule has 1 aromatic rings. The van der Waals surface area contributed by atoms with Crippen LogP contribution in [0.2, 0.25) is 5.02 Å². The molecular weight excluding hydrogens is 256 g/mol. The van der Waals surface area contributed by atoms with Crippen LogP contribution in [0.15, 0.2) is 18.2 Å². The van der Waals surface area contributed by atoms with Gasteiger partial charge in [-0.1, -0.05) is 45.4 Å². The predicted octanol–water partition coefficient (Wildman–Crippen LogP) is 4.32. The Bertz CT molecular complexity index is 388. The molecule has 2 nitrogen and oxygen atoms in total. The van der Waals surface area contributed by atoms with E-state index in [0.29, 0.717) is 12.0 Å². The first-order valence-electron chi connectivity index (χ1n) is 7.20. The summed E-state index contributed by atoms with van der Waals surface area (Å²) in [5.41, 5.74) is 2.38. The zero-order chi connectivity index (χ0) is 14.4. The molecule has 0 aromatic heterocycles. The lowest BCUT2D eigenvalue weighted by molar-refractivity contribution is 0.588. The first-order chi connectivity index (χ1) is 8.93. The second kappa shape index (κ2) is 7.76. The zero-order valence-electron chi connectivity index (χ0n) is 12.8. The maximum absolute atomic E-state index is 6.38. The van der Waals surface area contributed by atoms with Gasteiger partial charge in [-0.25, -0.2) is 0 Å². The van der Waals surface area contributed by atoms with Crippen molar-refractivity contribution in [1.82, 2.24) is 5.32 Å². The molecule has 0 spiro atoms. The van der Waals surface area contributed by atoms with E-state index in [4.69, 9.17) is 11.6 Å². The molecule has 0 saturated heterocycles. The molecule has 108 valence electrons. The van der Waals surface area contributed by atoms with Crippen LogP contribution in [0, 0.1) is 5.92 Å². The Morgan fingerprint density at radius 3 is 2.37 bits per heavy atom. The lowest BCUT2D eigenvalue weighted by atomic mass is 10.1. The van der Waals surface area contributed by atoms with Crippen LogP contribution < -0.4 is 10.2 Å². The fourth-order valence-corrected chi connectivity index (χ4v) is 2.29. The van der Waals surface area contributed by atoms with E-state index in [1.807, 2.05) is 0 Å². The van der Waals surface area contributed by atoms with E-state index in [9.17, 15) is 0 Å². The number of anilines is 1. The van der Waals surface area contributed by atoms with Gasteiger partial charge in [-0.05, 0) is 30.5 Å². The molecule has 0 aliphatic rings. The number of nitrogens with one attached hydrogen (secondary N) is 1. The summed E-state index contributed by atoms with van der Waals surface area (Å²) < 4.78 is 0. The minimum atomic E-state index is 0.476. The Morgan fingerprint density at radius 2 is 1.89 bits per heavy atom. The monoisotopic (exact) mass is 282 g/mol. The third-order valence-corrected chi connectivity index (χ3v) is 3.42. The van der Waals surface area contributed by atoms with E-state index < -0.39 is 0 Å². The summed E-state index contributed by atoms with van der Waals surface area (Å²) in [6.45, 7) is 13.9. The van der Waals surface area contributed by atoms with Crippen LogP contribution in [0.4, 0.5) is 5.69 Å². The van der Waals surface area contributed by atoms with E-state index in [0.717, 1.165) is 24.7 Å². The molecule has 0 aliphatic carbocycles. The van der Waals surface area contributed by atoms with Crippen molar-refractivity contribution in [1.29, 1.82) is 0 Å². The van der Waals surface area contributed by atoms with Gasteiger partial charge in [0.15, 0.2) is 0 Å². The Kier molecular flexibility index (Phi) is 6.67. The van der Waals surface area contributed by atoms with Crippen molar-refractivity contribution < 1.29 is 0 Å². The SMILES string of the molecule is CCN(CC(C)C)c1ccc(CNC(C)C)c(Cl)c1. The first kappa shape index (κ1) is 16.3. The van der Waals surface area contributed by atoms with Crippen molar-refractivity contribution in [3.8, 4) is 0 Å². The van der Waals surface area contributed by atoms with Gasteiger partial charge < -0.3 is 10.2 Å². The van der Waals surface area contributed by atoms with E-state index >= 15 is 0 Å². The van der Waals surface area contributed by atoms with Crippen molar-refractivity contribution in [2.45, 2.75) is 47.2 Å². The summed E-state index contributed by atoms with van der Waals surface area (Å²) in [4.78, 5) is 2.37. The minimum absolute atomic E-state index is 0.476. The van der Waals surface area contributed by atoms with Gasteiger partial charge in [-0.3, -0.25) is 0 Å². The Hall–Kier alpha value is -0.730. The largest absolute Gasteiger partial charge is 0.372 e. The fourth-order valence-electron chi connectivity index (χ4n) is 2.05.